The van der Waals surface area contributed by atoms with Crippen molar-refractivity contribution in [2.75, 3.05) is 6.61 Å². The van der Waals surface area contributed by atoms with E-state index in [0.29, 0.717) is 6.42 Å². The molecule has 0 atom stereocenters. The van der Waals surface area contributed by atoms with Gasteiger partial charge in [0.25, 0.3) is 0 Å². The summed E-state index contributed by atoms with van der Waals surface area (Å²) in [6.45, 7) is 4.20. The number of hydrogen-bond acceptors (Lipinski definition) is 2. The maximum Gasteiger partial charge on any atom is 0.303 e. The third-order valence-corrected chi connectivity index (χ3v) is 3.99. The summed E-state index contributed by atoms with van der Waals surface area (Å²) in [4.78, 5) is 10.3. The van der Waals surface area contributed by atoms with E-state index >= 15 is 0 Å². The molecular weight excluding hydrogens is 343 g/mol. The minimum absolute atomic E-state index is 0. The largest absolute Gasteiger partial charge is 0.481 e. The minimum Gasteiger partial charge on any atom is -0.481 e. The summed E-state index contributed by atoms with van der Waals surface area (Å²) in [5.74, 6) is -0.653. The van der Waals surface area contributed by atoms with Gasteiger partial charge < -0.3 is 10.2 Å². The molecule has 0 amide bonds. The Morgan fingerprint density at radius 3 is 1.12 bits per heavy atom. The van der Waals surface area contributed by atoms with Gasteiger partial charge in [-0.1, -0.05) is 96.8 Å². The molecule has 0 saturated carbocycles. The van der Waals surface area contributed by atoms with E-state index in [-0.39, 0.29) is 23.7 Å². The van der Waals surface area contributed by atoms with Gasteiger partial charge in [0.2, 0.25) is 0 Å². The second kappa shape index (κ2) is 27.8. The Balaban J connectivity index is -0.00000102. The van der Waals surface area contributed by atoms with E-state index in [2.05, 4.69) is 6.92 Å². The van der Waals surface area contributed by atoms with Crippen molar-refractivity contribution in [2.45, 2.75) is 117 Å². The number of hydrogen-bond donors (Lipinski definition) is 2. The zero-order valence-electron chi connectivity index (χ0n) is 16.2. The first-order chi connectivity index (χ1) is 11.2. The summed E-state index contributed by atoms with van der Waals surface area (Å²) in [5, 5.41) is 16.1. The van der Waals surface area contributed by atoms with Gasteiger partial charge in [-0.2, -0.15) is 0 Å². The molecule has 0 aliphatic carbocycles. The molecule has 0 rings (SSSR count). The third-order valence-electron chi connectivity index (χ3n) is 3.99. The van der Waals surface area contributed by atoms with Crippen molar-refractivity contribution in [2.24, 2.45) is 0 Å². The van der Waals surface area contributed by atoms with E-state index in [9.17, 15) is 4.79 Å². The number of aliphatic hydroxyl groups excluding tert-OH is 1. The van der Waals surface area contributed by atoms with Crippen molar-refractivity contribution in [3.63, 3.8) is 0 Å². The quantitative estimate of drug-likeness (QED) is 0.241. The Morgan fingerprint density at radius 1 is 0.625 bits per heavy atom. The Morgan fingerprint density at radius 2 is 0.875 bits per heavy atom. The van der Waals surface area contributed by atoms with Crippen molar-refractivity contribution >= 4 is 5.97 Å². The molecule has 2 N–H and O–H groups in total. The molecule has 0 aromatic heterocycles. The normalized spacial score (nSPS) is 9.79. The average Bonchev–Trinajstić information content (AvgIpc) is 2.51. The number of rotatable bonds is 16. The molecular formula is C20H42MnO3. The first-order valence-corrected chi connectivity index (χ1v) is 10.0. The van der Waals surface area contributed by atoms with Crippen LogP contribution in [0, 0.1) is 0 Å². The van der Waals surface area contributed by atoms with Crippen LogP contribution < -0.4 is 0 Å². The first kappa shape index (κ1) is 28.7. The van der Waals surface area contributed by atoms with Crippen molar-refractivity contribution in [1.29, 1.82) is 0 Å². The second-order valence-corrected chi connectivity index (χ2v) is 6.41. The molecule has 0 aliphatic rings. The predicted molar refractivity (Wildman–Crippen MR) is 99.9 cm³/mol. The molecule has 0 fully saturated rings. The predicted octanol–water partition coefficient (Wildman–Crippen LogP) is 6.33. The Hall–Kier alpha value is -0.0505. The van der Waals surface area contributed by atoms with Gasteiger partial charge in [0.1, 0.15) is 0 Å². The number of carboxylic acid groups (broad SMARTS) is 1. The number of aliphatic carboxylic acids is 1. The van der Waals surface area contributed by atoms with Gasteiger partial charge in [-0.05, 0) is 13.3 Å². The van der Waals surface area contributed by atoms with Gasteiger partial charge in [-0.3, -0.25) is 4.79 Å². The van der Waals surface area contributed by atoms with Crippen LogP contribution in [-0.4, -0.2) is 22.8 Å². The summed E-state index contributed by atoms with van der Waals surface area (Å²) in [6.07, 6.45) is 20.2. The van der Waals surface area contributed by atoms with Crippen molar-refractivity contribution < 1.29 is 32.1 Å². The van der Waals surface area contributed by atoms with Crippen molar-refractivity contribution in [3.05, 3.63) is 0 Å². The molecule has 4 heteroatoms. The molecule has 0 aromatic rings. The van der Waals surface area contributed by atoms with Crippen LogP contribution in [0.4, 0.5) is 0 Å². The summed E-state index contributed by atoms with van der Waals surface area (Å²) < 4.78 is 0. The van der Waals surface area contributed by atoms with E-state index in [1.807, 2.05) is 0 Å². The van der Waals surface area contributed by atoms with Crippen LogP contribution in [0.3, 0.4) is 0 Å². The minimum atomic E-state index is -0.653. The maximum atomic E-state index is 10.3. The molecule has 0 aliphatic heterocycles. The Labute approximate surface area is 161 Å². The molecule has 0 spiro atoms. The molecule has 0 aromatic carbocycles. The first-order valence-electron chi connectivity index (χ1n) is 10.0. The SMILES string of the molecule is CCCCCCCCCCCCCCCCCC(=O)O.CCO.[Mn]. The van der Waals surface area contributed by atoms with E-state index in [1.54, 1.807) is 6.92 Å². The van der Waals surface area contributed by atoms with Gasteiger partial charge in [0, 0.05) is 30.1 Å². The van der Waals surface area contributed by atoms with Gasteiger partial charge in [0.05, 0.1) is 0 Å². The smallest absolute Gasteiger partial charge is 0.303 e. The molecule has 0 unspecified atom stereocenters. The monoisotopic (exact) mass is 385 g/mol. The Bertz CT molecular complexity index is 223. The van der Waals surface area contributed by atoms with Gasteiger partial charge in [0.15, 0.2) is 0 Å². The number of unbranched alkanes of at least 4 members (excludes halogenated alkanes) is 14. The van der Waals surface area contributed by atoms with Crippen molar-refractivity contribution in [1.82, 2.24) is 0 Å². The molecule has 0 heterocycles. The molecule has 1 radical (unpaired) electrons. The summed E-state index contributed by atoms with van der Waals surface area (Å²) in [6, 6.07) is 0. The molecule has 0 saturated heterocycles. The standard InChI is InChI=1S/C18H36O2.C2H6O.Mn/c1-2-3-4-5-6-7-8-9-10-11-12-13-14-15-16-17-18(19)20;1-2-3;/h2-17H2,1H3,(H,19,20);3H,2H2,1H3;. The fourth-order valence-corrected chi connectivity index (χ4v) is 2.65. The van der Waals surface area contributed by atoms with Gasteiger partial charge in [-0.25, -0.2) is 0 Å². The molecule has 0 bridgehead atoms. The van der Waals surface area contributed by atoms with E-state index in [4.69, 9.17) is 10.2 Å². The van der Waals surface area contributed by atoms with Crippen LogP contribution in [0.5, 0.6) is 0 Å². The van der Waals surface area contributed by atoms with Crippen LogP contribution in [0.15, 0.2) is 0 Å². The zero-order chi connectivity index (χ0) is 17.6. The summed E-state index contributed by atoms with van der Waals surface area (Å²) >= 11 is 0. The summed E-state index contributed by atoms with van der Waals surface area (Å²) in [7, 11) is 0. The van der Waals surface area contributed by atoms with E-state index < -0.39 is 5.97 Å². The molecule has 24 heavy (non-hydrogen) atoms. The molecule has 147 valence electrons. The van der Waals surface area contributed by atoms with Crippen LogP contribution in [0.25, 0.3) is 0 Å². The molecule has 3 nitrogen and oxygen atoms in total. The van der Waals surface area contributed by atoms with Crippen LogP contribution >= 0.6 is 0 Å². The van der Waals surface area contributed by atoms with Gasteiger partial charge >= 0.3 is 5.97 Å². The Kier molecular flexibility index (Phi) is 33.3. The van der Waals surface area contributed by atoms with Gasteiger partial charge in [-0.15, -0.1) is 0 Å². The maximum absolute atomic E-state index is 10.3. The van der Waals surface area contributed by atoms with E-state index in [1.165, 1.54) is 83.5 Å². The third kappa shape index (κ3) is 33.5. The topological polar surface area (TPSA) is 57.5 Å². The van der Waals surface area contributed by atoms with Crippen LogP contribution in [0.2, 0.25) is 0 Å². The van der Waals surface area contributed by atoms with Crippen LogP contribution in [-0.2, 0) is 21.9 Å². The number of carbonyl (C=O) groups is 1. The fourth-order valence-electron chi connectivity index (χ4n) is 2.65. The average molecular weight is 385 g/mol. The second-order valence-electron chi connectivity index (χ2n) is 6.41. The van der Waals surface area contributed by atoms with Crippen molar-refractivity contribution in [3.8, 4) is 0 Å². The van der Waals surface area contributed by atoms with E-state index in [0.717, 1.165) is 12.8 Å². The number of carboxylic acids is 1. The van der Waals surface area contributed by atoms with Crippen LogP contribution in [0.1, 0.15) is 117 Å². The zero-order valence-corrected chi connectivity index (χ0v) is 17.4. The number of aliphatic hydroxyl groups is 1. The fraction of sp³-hybridized carbons (Fsp3) is 0.950. The summed E-state index contributed by atoms with van der Waals surface area (Å²) in [5.41, 5.74) is 0.